The Balaban J connectivity index is 2.09. The Kier molecular flexibility index (Phi) is 3.91. The van der Waals surface area contributed by atoms with Crippen LogP contribution >= 0.6 is 0 Å². The van der Waals surface area contributed by atoms with Crippen molar-refractivity contribution in [3.8, 4) is 5.75 Å². The molecule has 0 heterocycles. The fraction of sp³-hybridized carbons (Fsp3) is 0.364. The normalized spacial score (nSPS) is 14.9. The van der Waals surface area contributed by atoms with Crippen molar-refractivity contribution in [1.82, 2.24) is 5.32 Å². The minimum Gasteiger partial charge on any atom is -0.478 e. The zero-order valence-corrected chi connectivity index (χ0v) is 11.0. The van der Waals surface area contributed by atoms with Crippen molar-refractivity contribution in [2.75, 3.05) is 6.61 Å². The van der Waals surface area contributed by atoms with Crippen molar-refractivity contribution in [3.05, 3.63) is 23.8 Å². The first-order chi connectivity index (χ1) is 9.27. The predicted molar refractivity (Wildman–Crippen MR) is 64.4 cm³/mol. The van der Waals surface area contributed by atoms with Crippen LogP contribution in [0.4, 0.5) is 8.78 Å². The highest BCUT2D eigenvalue weighted by molar-refractivity contribution is 7.89. The van der Waals surface area contributed by atoms with Crippen molar-refractivity contribution in [2.24, 2.45) is 5.14 Å². The zero-order chi connectivity index (χ0) is 14.9. The van der Waals surface area contributed by atoms with Crippen LogP contribution in [0.15, 0.2) is 17.0 Å². The molecule has 0 spiro atoms. The van der Waals surface area contributed by atoms with E-state index in [1.54, 1.807) is 0 Å². The van der Waals surface area contributed by atoms with Gasteiger partial charge in [-0.1, -0.05) is 0 Å². The molecule has 2 rings (SSSR count). The van der Waals surface area contributed by atoms with Crippen molar-refractivity contribution in [3.63, 3.8) is 0 Å². The lowest BCUT2D eigenvalue weighted by Gasteiger charge is -2.09. The third-order valence-corrected chi connectivity index (χ3v) is 3.48. The van der Waals surface area contributed by atoms with Crippen molar-refractivity contribution >= 4 is 15.9 Å². The van der Waals surface area contributed by atoms with Crippen LogP contribution in [0.3, 0.4) is 0 Å². The molecule has 3 N–H and O–H groups in total. The molecule has 0 aromatic heterocycles. The fourth-order valence-corrected chi connectivity index (χ4v) is 2.01. The van der Waals surface area contributed by atoms with Gasteiger partial charge in [-0.25, -0.2) is 22.3 Å². The summed E-state index contributed by atoms with van der Waals surface area (Å²) in [4.78, 5) is 10.6. The first kappa shape index (κ1) is 14.7. The molecule has 1 aliphatic carbocycles. The summed E-state index contributed by atoms with van der Waals surface area (Å²) in [6.07, 6.45) is 1.75. The van der Waals surface area contributed by atoms with E-state index >= 15 is 0 Å². The number of halogens is 2. The molecule has 0 unspecified atom stereocenters. The number of hydrogen-bond donors (Lipinski definition) is 2. The van der Waals surface area contributed by atoms with E-state index in [0.29, 0.717) is 12.1 Å². The molecule has 0 aliphatic heterocycles. The van der Waals surface area contributed by atoms with Gasteiger partial charge in [0.25, 0.3) is 5.91 Å². The Morgan fingerprint density at radius 3 is 2.35 bits per heavy atom. The molecule has 1 aromatic carbocycles. The van der Waals surface area contributed by atoms with Gasteiger partial charge in [0.2, 0.25) is 10.0 Å². The van der Waals surface area contributed by atoms with Crippen LogP contribution in [-0.2, 0) is 14.8 Å². The Hall–Kier alpha value is -1.74. The van der Waals surface area contributed by atoms with Gasteiger partial charge in [0.05, 0.1) is 4.90 Å². The van der Waals surface area contributed by atoms with Crippen molar-refractivity contribution in [2.45, 2.75) is 23.8 Å². The molecule has 1 aromatic rings. The molecular weight excluding hydrogens is 294 g/mol. The standard InChI is InChI=1S/C11H12F2N2O4S/c12-8-3-7(20(14,17)18)4-9(13)11(8)19-5-10(16)15-6-1-2-6/h3-4,6H,1-2,5H2,(H,15,16)(H2,14,17,18). The molecule has 1 amide bonds. The highest BCUT2D eigenvalue weighted by Crippen LogP contribution is 2.25. The van der Waals surface area contributed by atoms with Gasteiger partial charge in [0, 0.05) is 6.04 Å². The summed E-state index contributed by atoms with van der Waals surface area (Å²) in [7, 11) is -4.22. The third-order valence-electron chi connectivity index (χ3n) is 2.59. The molecule has 0 radical (unpaired) electrons. The average molecular weight is 306 g/mol. The monoisotopic (exact) mass is 306 g/mol. The quantitative estimate of drug-likeness (QED) is 0.815. The average Bonchev–Trinajstić information content (AvgIpc) is 3.10. The maximum atomic E-state index is 13.5. The van der Waals surface area contributed by atoms with Crippen LogP contribution in [0, 0.1) is 11.6 Å². The molecule has 20 heavy (non-hydrogen) atoms. The molecule has 1 aliphatic rings. The third kappa shape index (κ3) is 3.64. The lowest BCUT2D eigenvalue weighted by molar-refractivity contribution is -0.123. The number of nitrogens with one attached hydrogen (secondary N) is 1. The van der Waals surface area contributed by atoms with Crippen LogP contribution < -0.4 is 15.2 Å². The second kappa shape index (κ2) is 5.33. The van der Waals surface area contributed by atoms with E-state index in [1.807, 2.05) is 0 Å². The number of benzene rings is 1. The Labute approximate surface area is 114 Å². The number of rotatable bonds is 5. The number of amides is 1. The smallest absolute Gasteiger partial charge is 0.258 e. The minimum atomic E-state index is -4.22. The summed E-state index contributed by atoms with van der Waals surface area (Å²) in [6, 6.07) is 1.17. The van der Waals surface area contributed by atoms with Gasteiger partial charge in [0.1, 0.15) is 0 Å². The Bertz CT molecular complexity index is 621. The van der Waals surface area contributed by atoms with Gasteiger partial charge in [-0.15, -0.1) is 0 Å². The van der Waals surface area contributed by atoms with Crippen LogP contribution in [0.1, 0.15) is 12.8 Å². The number of nitrogens with two attached hydrogens (primary N) is 1. The fourth-order valence-electron chi connectivity index (χ4n) is 1.47. The topological polar surface area (TPSA) is 98.5 Å². The first-order valence-electron chi connectivity index (χ1n) is 5.71. The van der Waals surface area contributed by atoms with E-state index in [2.05, 4.69) is 5.32 Å². The van der Waals surface area contributed by atoms with E-state index in [9.17, 15) is 22.0 Å². The van der Waals surface area contributed by atoms with Crippen LogP contribution in [-0.4, -0.2) is 27.0 Å². The number of ether oxygens (including phenoxy) is 1. The number of carbonyl (C=O) groups excluding carboxylic acids is 1. The van der Waals surface area contributed by atoms with Gasteiger partial charge >= 0.3 is 0 Å². The van der Waals surface area contributed by atoms with E-state index < -0.39 is 44.8 Å². The lowest BCUT2D eigenvalue weighted by Crippen LogP contribution is -2.30. The second-order valence-electron chi connectivity index (χ2n) is 4.39. The van der Waals surface area contributed by atoms with Gasteiger partial charge in [-0.3, -0.25) is 4.79 Å². The maximum absolute atomic E-state index is 13.5. The summed E-state index contributed by atoms with van der Waals surface area (Å²) in [5.74, 6) is -3.80. The summed E-state index contributed by atoms with van der Waals surface area (Å²) >= 11 is 0. The molecule has 9 heteroatoms. The van der Waals surface area contributed by atoms with Gasteiger partial charge in [0.15, 0.2) is 24.0 Å². The zero-order valence-electron chi connectivity index (χ0n) is 10.2. The summed E-state index contributed by atoms with van der Waals surface area (Å²) in [6.45, 7) is -0.556. The van der Waals surface area contributed by atoms with Gasteiger partial charge < -0.3 is 10.1 Å². The predicted octanol–water partition coefficient (Wildman–Crippen LogP) is 0.270. The van der Waals surface area contributed by atoms with Crippen molar-refractivity contribution in [1.29, 1.82) is 0 Å². The number of hydrogen-bond acceptors (Lipinski definition) is 4. The maximum Gasteiger partial charge on any atom is 0.258 e. The van der Waals surface area contributed by atoms with Gasteiger partial charge in [-0.2, -0.15) is 0 Å². The molecule has 0 bridgehead atoms. The molecule has 1 saturated carbocycles. The Morgan fingerprint density at radius 1 is 1.35 bits per heavy atom. The largest absolute Gasteiger partial charge is 0.478 e. The second-order valence-corrected chi connectivity index (χ2v) is 5.95. The highest BCUT2D eigenvalue weighted by Gasteiger charge is 2.24. The van der Waals surface area contributed by atoms with E-state index in [1.165, 1.54) is 0 Å². The summed E-state index contributed by atoms with van der Waals surface area (Å²) in [5, 5.41) is 7.34. The van der Waals surface area contributed by atoms with Crippen LogP contribution in [0.25, 0.3) is 0 Å². The molecule has 0 atom stereocenters. The molecule has 6 nitrogen and oxygen atoms in total. The van der Waals surface area contributed by atoms with Crippen molar-refractivity contribution < 1.29 is 26.7 Å². The first-order valence-corrected chi connectivity index (χ1v) is 7.26. The SMILES string of the molecule is NS(=O)(=O)c1cc(F)c(OCC(=O)NC2CC2)c(F)c1. The molecule has 1 fully saturated rings. The minimum absolute atomic E-state index is 0.102. The molecular formula is C11H12F2N2O4S. The molecule has 110 valence electrons. The van der Waals surface area contributed by atoms with Crippen LogP contribution in [0.2, 0.25) is 0 Å². The summed E-state index contributed by atoms with van der Waals surface area (Å²) in [5.41, 5.74) is 0. The van der Waals surface area contributed by atoms with E-state index in [-0.39, 0.29) is 6.04 Å². The molecule has 0 saturated heterocycles. The lowest BCUT2D eigenvalue weighted by atomic mass is 10.3. The van der Waals surface area contributed by atoms with E-state index in [4.69, 9.17) is 9.88 Å². The Morgan fingerprint density at radius 2 is 1.90 bits per heavy atom. The van der Waals surface area contributed by atoms with E-state index in [0.717, 1.165) is 12.8 Å². The number of carbonyl (C=O) groups is 1. The van der Waals surface area contributed by atoms with Crippen LogP contribution in [0.5, 0.6) is 5.75 Å². The highest BCUT2D eigenvalue weighted by atomic mass is 32.2. The number of sulfonamides is 1. The van der Waals surface area contributed by atoms with Gasteiger partial charge in [-0.05, 0) is 25.0 Å². The number of primary sulfonamides is 1. The summed E-state index contributed by atoms with van der Waals surface area (Å²) < 4.78 is 53.8.